The highest BCUT2D eigenvalue weighted by molar-refractivity contribution is 5.35. The third-order valence-electron chi connectivity index (χ3n) is 3.20. The lowest BCUT2D eigenvalue weighted by atomic mass is 10.1. The maximum atomic E-state index is 6.29. The summed E-state index contributed by atoms with van der Waals surface area (Å²) in [5.41, 5.74) is 7.35. The van der Waals surface area contributed by atoms with Gasteiger partial charge in [0.1, 0.15) is 5.75 Å². The molecule has 1 aromatic carbocycles. The van der Waals surface area contributed by atoms with Gasteiger partial charge in [0, 0.05) is 31.3 Å². The topological polar surface area (TPSA) is 47.7 Å². The van der Waals surface area contributed by atoms with E-state index in [-0.39, 0.29) is 6.04 Å². The Labute approximate surface area is 116 Å². The molecule has 2 N–H and O–H groups in total. The fourth-order valence-electron chi connectivity index (χ4n) is 2.07. The molecule has 1 aromatic rings. The third kappa shape index (κ3) is 5.19. The molecule has 0 saturated heterocycles. The van der Waals surface area contributed by atoms with E-state index in [0.29, 0.717) is 0 Å². The summed E-state index contributed by atoms with van der Waals surface area (Å²) in [5.74, 6) is 0.857. The van der Waals surface area contributed by atoms with Crippen LogP contribution >= 0.6 is 0 Å². The van der Waals surface area contributed by atoms with Gasteiger partial charge in [-0.15, -0.1) is 0 Å². The standard InChI is InChI=1S/C15H26N2O2/c1-4-17(10-11-19-5-2)12-14(16)13-8-6-7-9-15(13)18-3/h6-9,14H,4-5,10-12,16H2,1-3H3. The van der Waals surface area contributed by atoms with Gasteiger partial charge in [0.05, 0.1) is 13.7 Å². The molecule has 108 valence electrons. The second-order valence-electron chi connectivity index (χ2n) is 4.44. The van der Waals surface area contributed by atoms with E-state index in [4.69, 9.17) is 15.2 Å². The van der Waals surface area contributed by atoms with Crippen LogP contribution in [0.5, 0.6) is 5.75 Å². The number of nitrogens with two attached hydrogens (primary N) is 1. The summed E-state index contributed by atoms with van der Waals surface area (Å²) in [6.45, 7) is 8.35. The van der Waals surface area contributed by atoms with Crippen molar-refractivity contribution in [2.24, 2.45) is 5.73 Å². The minimum absolute atomic E-state index is 0.0438. The molecule has 0 aromatic heterocycles. The van der Waals surface area contributed by atoms with Gasteiger partial charge in [-0.1, -0.05) is 25.1 Å². The van der Waals surface area contributed by atoms with E-state index in [0.717, 1.165) is 44.2 Å². The Morgan fingerprint density at radius 2 is 2.00 bits per heavy atom. The molecule has 0 aliphatic rings. The summed E-state index contributed by atoms with van der Waals surface area (Å²) in [6, 6.07) is 7.89. The number of ether oxygens (including phenoxy) is 2. The zero-order valence-electron chi connectivity index (χ0n) is 12.3. The molecule has 0 bridgehead atoms. The number of rotatable bonds is 9. The minimum atomic E-state index is -0.0438. The predicted molar refractivity (Wildman–Crippen MR) is 78.5 cm³/mol. The van der Waals surface area contributed by atoms with Crippen molar-refractivity contribution in [3.05, 3.63) is 29.8 Å². The van der Waals surface area contributed by atoms with Gasteiger partial charge < -0.3 is 15.2 Å². The molecule has 0 heterocycles. The molecule has 0 amide bonds. The van der Waals surface area contributed by atoms with Crippen LogP contribution in [0.15, 0.2) is 24.3 Å². The van der Waals surface area contributed by atoms with Gasteiger partial charge in [-0.25, -0.2) is 0 Å². The van der Waals surface area contributed by atoms with E-state index in [1.807, 2.05) is 31.2 Å². The Morgan fingerprint density at radius 3 is 2.63 bits per heavy atom. The quantitative estimate of drug-likeness (QED) is 0.695. The molecule has 19 heavy (non-hydrogen) atoms. The zero-order chi connectivity index (χ0) is 14.1. The Morgan fingerprint density at radius 1 is 1.26 bits per heavy atom. The lowest BCUT2D eigenvalue weighted by molar-refractivity contribution is 0.113. The molecule has 4 nitrogen and oxygen atoms in total. The summed E-state index contributed by atoms with van der Waals surface area (Å²) in [7, 11) is 1.68. The molecule has 1 atom stereocenters. The van der Waals surface area contributed by atoms with Gasteiger partial charge >= 0.3 is 0 Å². The summed E-state index contributed by atoms with van der Waals surface area (Å²) in [5, 5.41) is 0. The highest BCUT2D eigenvalue weighted by atomic mass is 16.5. The maximum absolute atomic E-state index is 6.29. The van der Waals surface area contributed by atoms with Crippen molar-refractivity contribution in [2.45, 2.75) is 19.9 Å². The Hall–Kier alpha value is -1.10. The first-order chi connectivity index (χ1) is 9.22. The minimum Gasteiger partial charge on any atom is -0.496 e. The first kappa shape index (κ1) is 16.0. The van der Waals surface area contributed by atoms with Crippen LogP contribution in [0.3, 0.4) is 0 Å². The van der Waals surface area contributed by atoms with Gasteiger partial charge in [0.15, 0.2) is 0 Å². The van der Waals surface area contributed by atoms with E-state index >= 15 is 0 Å². The van der Waals surface area contributed by atoms with Crippen LogP contribution in [-0.4, -0.2) is 44.9 Å². The van der Waals surface area contributed by atoms with Gasteiger partial charge in [-0.2, -0.15) is 0 Å². The van der Waals surface area contributed by atoms with Gasteiger partial charge in [0.2, 0.25) is 0 Å². The summed E-state index contributed by atoms with van der Waals surface area (Å²) in [4.78, 5) is 2.30. The third-order valence-corrected chi connectivity index (χ3v) is 3.20. The Balaban J connectivity index is 2.58. The fourth-order valence-corrected chi connectivity index (χ4v) is 2.07. The average Bonchev–Trinajstić information content (AvgIpc) is 2.46. The summed E-state index contributed by atoms with van der Waals surface area (Å²) < 4.78 is 10.7. The second kappa shape index (κ2) is 8.91. The van der Waals surface area contributed by atoms with Crippen molar-refractivity contribution in [3.63, 3.8) is 0 Å². The van der Waals surface area contributed by atoms with E-state index in [1.54, 1.807) is 7.11 Å². The van der Waals surface area contributed by atoms with Crippen molar-refractivity contribution < 1.29 is 9.47 Å². The Kier molecular flexibility index (Phi) is 7.48. The molecule has 0 aliphatic carbocycles. The molecular weight excluding hydrogens is 240 g/mol. The van der Waals surface area contributed by atoms with Crippen LogP contribution in [0.1, 0.15) is 25.5 Å². The monoisotopic (exact) mass is 266 g/mol. The molecule has 0 aliphatic heterocycles. The van der Waals surface area contributed by atoms with Crippen molar-refractivity contribution in [2.75, 3.05) is 40.0 Å². The molecular formula is C15H26N2O2. The highest BCUT2D eigenvalue weighted by Gasteiger charge is 2.14. The van der Waals surface area contributed by atoms with Crippen molar-refractivity contribution >= 4 is 0 Å². The Bertz CT molecular complexity index is 358. The number of likely N-dealkylation sites (N-methyl/N-ethyl adjacent to an activating group) is 1. The number of para-hydroxylation sites is 1. The zero-order valence-corrected chi connectivity index (χ0v) is 12.3. The van der Waals surface area contributed by atoms with Crippen molar-refractivity contribution in [1.82, 2.24) is 4.90 Å². The molecule has 4 heteroatoms. The number of hydrogen-bond acceptors (Lipinski definition) is 4. The highest BCUT2D eigenvalue weighted by Crippen LogP contribution is 2.23. The predicted octanol–water partition coefficient (Wildman–Crippen LogP) is 2.05. The first-order valence-electron chi connectivity index (χ1n) is 6.91. The molecule has 0 saturated carbocycles. The van der Waals surface area contributed by atoms with Crippen molar-refractivity contribution in [1.29, 1.82) is 0 Å². The maximum Gasteiger partial charge on any atom is 0.123 e. The number of hydrogen-bond donors (Lipinski definition) is 1. The van der Waals surface area contributed by atoms with Crippen LogP contribution < -0.4 is 10.5 Å². The number of nitrogens with zero attached hydrogens (tertiary/aromatic N) is 1. The van der Waals surface area contributed by atoms with E-state index in [9.17, 15) is 0 Å². The lowest BCUT2D eigenvalue weighted by Gasteiger charge is -2.25. The van der Waals surface area contributed by atoms with Crippen molar-refractivity contribution in [3.8, 4) is 5.75 Å². The van der Waals surface area contributed by atoms with E-state index < -0.39 is 0 Å². The van der Waals surface area contributed by atoms with E-state index in [1.165, 1.54) is 0 Å². The molecule has 1 rings (SSSR count). The molecule has 0 fully saturated rings. The van der Waals surface area contributed by atoms with Crippen LogP contribution in [0.4, 0.5) is 0 Å². The number of benzene rings is 1. The smallest absolute Gasteiger partial charge is 0.123 e. The van der Waals surface area contributed by atoms with E-state index in [2.05, 4.69) is 11.8 Å². The van der Waals surface area contributed by atoms with Gasteiger partial charge in [0.25, 0.3) is 0 Å². The SMILES string of the molecule is CCOCCN(CC)CC(N)c1ccccc1OC. The average molecular weight is 266 g/mol. The number of methoxy groups -OCH3 is 1. The molecule has 1 unspecified atom stereocenters. The van der Waals surface area contributed by atoms with Crippen LogP contribution in [0, 0.1) is 0 Å². The van der Waals surface area contributed by atoms with Gasteiger partial charge in [-0.05, 0) is 19.5 Å². The summed E-state index contributed by atoms with van der Waals surface area (Å²) >= 11 is 0. The normalized spacial score (nSPS) is 12.7. The largest absolute Gasteiger partial charge is 0.496 e. The first-order valence-corrected chi connectivity index (χ1v) is 6.91. The molecule has 0 spiro atoms. The lowest BCUT2D eigenvalue weighted by Crippen LogP contribution is -2.34. The fraction of sp³-hybridized carbons (Fsp3) is 0.600. The summed E-state index contributed by atoms with van der Waals surface area (Å²) in [6.07, 6.45) is 0. The van der Waals surface area contributed by atoms with Crippen LogP contribution in [-0.2, 0) is 4.74 Å². The molecule has 0 radical (unpaired) electrons. The van der Waals surface area contributed by atoms with Crippen LogP contribution in [0.2, 0.25) is 0 Å². The van der Waals surface area contributed by atoms with Crippen LogP contribution in [0.25, 0.3) is 0 Å². The second-order valence-corrected chi connectivity index (χ2v) is 4.44. The van der Waals surface area contributed by atoms with Gasteiger partial charge in [-0.3, -0.25) is 4.90 Å².